The number of hydrogen-bond donors (Lipinski definition) is 0. The minimum absolute atomic E-state index is 0.00738. The maximum absolute atomic E-state index is 6.05. The summed E-state index contributed by atoms with van der Waals surface area (Å²) in [7, 11) is 0. The van der Waals surface area contributed by atoms with Crippen molar-refractivity contribution in [3.8, 4) is 0 Å². The smallest absolute Gasteiger partial charge is 0.0406 e. The SMILES string of the molecule is CC1(C)C=C(c2ccc(Cl)cc2)CC(C)(C)N1Cc1ccccc1. The van der Waals surface area contributed by atoms with E-state index in [0.29, 0.717) is 0 Å². The molecule has 1 heterocycles. The summed E-state index contributed by atoms with van der Waals surface area (Å²) in [5.74, 6) is 0. The number of halogens is 1. The molecule has 1 aliphatic rings. The summed E-state index contributed by atoms with van der Waals surface area (Å²) in [5.41, 5.74) is 4.13. The van der Waals surface area contributed by atoms with Gasteiger partial charge in [-0.3, -0.25) is 4.90 Å². The van der Waals surface area contributed by atoms with Crippen molar-refractivity contribution in [2.24, 2.45) is 0 Å². The van der Waals surface area contributed by atoms with E-state index in [0.717, 1.165) is 18.0 Å². The third-order valence-corrected chi connectivity index (χ3v) is 5.23. The standard InChI is InChI=1S/C22H26ClN/c1-21(2)14-19(18-10-12-20(23)13-11-18)15-22(3,4)24(21)16-17-8-6-5-7-9-17/h5-14H,15-16H2,1-4H3. The van der Waals surface area contributed by atoms with Gasteiger partial charge < -0.3 is 0 Å². The molecule has 1 nitrogen and oxygen atoms in total. The molecule has 126 valence electrons. The van der Waals surface area contributed by atoms with Crippen LogP contribution in [0.5, 0.6) is 0 Å². The van der Waals surface area contributed by atoms with E-state index in [4.69, 9.17) is 11.6 Å². The van der Waals surface area contributed by atoms with Crippen molar-refractivity contribution in [3.63, 3.8) is 0 Å². The minimum atomic E-state index is -0.00738. The van der Waals surface area contributed by atoms with E-state index in [9.17, 15) is 0 Å². The predicted molar refractivity (Wildman–Crippen MR) is 104 cm³/mol. The van der Waals surface area contributed by atoms with Gasteiger partial charge in [-0.15, -0.1) is 0 Å². The Labute approximate surface area is 151 Å². The molecule has 0 aliphatic carbocycles. The Bertz CT molecular complexity index is 726. The highest BCUT2D eigenvalue weighted by Crippen LogP contribution is 2.42. The van der Waals surface area contributed by atoms with E-state index in [2.05, 4.69) is 81.1 Å². The average molecular weight is 340 g/mol. The first-order valence-electron chi connectivity index (χ1n) is 8.57. The molecule has 3 rings (SSSR count). The van der Waals surface area contributed by atoms with Gasteiger partial charge in [0.25, 0.3) is 0 Å². The van der Waals surface area contributed by atoms with Crippen LogP contribution < -0.4 is 0 Å². The first kappa shape index (κ1) is 17.3. The zero-order valence-corrected chi connectivity index (χ0v) is 15.8. The molecular weight excluding hydrogens is 314 g/mol. The molecule has 0 radical (unpaired) electrons. The fraction of sp³-hybridized carbons (Fsp3) is 0.364. The molecular formula is C22H26ClN. The molecule has 0 unspecified atom stereocenters. The van der Waals surface area contributed by atoms with Crippen molar-refractivity contribution in [3.05, 3.63) is 76.8 Å². The number of benzene rings is 2. The van der Waals surface area contributed by atoms with Crippen LogP contribution in [0.25, 0.3) is 5.57 Å². The lowest BCUT2D eigenvalue weighted by molar-refractivity contribution is 0.0300. The van der Waals surface area contributed by atoms with Crippen LogP contribution in [0.2, 0.25) is 5.02 Å². The van der Waals surface area contributed by atoms with Crippen LogP contribution in [-0.2, 0) is 6.54 Å². The lowest BCUT2D eigenvalue weighted by Gasteiger charge is -2.51. The fourth-order valence-electron chi connectivity index (χ4n) is 3.93. The van der Waals surface area contributed by atoms with Gasteiger partial charge in [-0.05, 0) is 62.9 Å². The lowest BCUT2D eigenvalue weighted by Crippen LogP contribution is -2.56. The van der Waals surface area contributed by atoms with Crippen LogP contribution in [0.4, 0.5) is 0 Å². The second kappa shape index (κ2) is 6.38. The van der Waals surface area contributed by atoms with E-state index in [1.807, 2.05) is 12.1 Å². The van der Waals surface area contributed by atoms with E-state index in [-0.39, 0.29) is 11.1 Å². The highest BCUT2D eigenvalue weighted by atomic mass is 35.5. The molecule has 0 saturated heterocycles. The monoisotopic (exact) mass is 339 g/mol. The van der Waals surface area contributed by atoms with Gasteiger partial charge in [0, 0.05) is 22.6 Å². The quantitative estimate of drug-likeness (QED) is 0.644. The molecule has 1 aliphatic heterocycles. The fourth-order valence-corrected chi connectivity index (χ4v) is 4.06. The molecule has 0 N–H and O–H groups in total. The van der Waals surface area contributed by atoms with Crippen molar-refractivity contribution >= 4 is 17.2 Å². The van der Waals surface area contributed by atoms with Crippen molar-refractivity contribution in [2.75, 3.05) is 0 Å². The molecule has 2 aromatic rings. The largest absolute Gasteiger partial charge is 0.285 e. The van der Waals surface area contributed by atoms with Crippen molar-refractivity contribution in [1.82, 2.24) is 4.90 Å². The third-order valence-electron chi connectivity index (χ3n) is 4.98. The highest BCUT2D eigenvalue weighted by Gasteiger charge is 2.41. The Kier molecular flexibility index (Phi) is 4.59. The molecule has 0 amide bonds. The van der Waals surface area contributed by atoms with Gasteiger partial charge in [0.1, 0.15) is 0 Å². The Hall–Kier alpha value is -1.57. The van der Waals surface area contributed by atoms with E-state index in [1.54, 1.807) is 0 Å². The molecule has 0 spiro atoms. The van der Waals surface area contributed by atoms with E-state index < -0.39 is 0 Å². The number of hydrogen-bond acceptors (Lipinski definition) is 1. The molecule has 0 aromatic heterocycles. The molecule has 0 saturated carbocycles. The normalized spacial score (nSPS) is 19.8. The average Bonchev–Trinajstić information content (AvgIpc) is 2.52. The lowest BCUT2D eigenvalue weighted by atomic mass is 9.78. The molecule has 2 aromatic carbocycles. The highest BCUT2D eigenvalue weighted by molar-refractivity contribution is 6.30. The van der Waals surface area contributed by atoms with Crippen LogP contribution in [0, 0.1) is 0 Å². The van der Waals surface area contributed by atoms with Gasteiger partial charge in [0.15, 0.2) is 0 Å². The minimum Gasteiger partial charge on any atom is -0.285 e. The Balaban J connectivity index is 1.94. The maximum Gasteiger partial charge on any atom is 0.0406 e. The van der Waals surface area contributed by atoms with E-state index in [1.165, 1.54) is 16.7 Å². The van der Waals surface area contributed by atoms with E-state index >= 15 is 0 Å². The van der Waals surface area contributed by atoms with Gasteiger partial charge in [-0.2, -0.15) is 0 Å². The summed E-state index contributed by atoms with van der Waals surface area (Å²) in [6.07, 6.45) is 3.45. The van der Waals surface area contributed by atoms with Crippen LogP contribution in [-0.4, -0.2) is 16.0 Å². The number of rotatable bonds is 3. The van der Waals surface area contributed by atoms with Gasteiger partial charge in [-0.25, -0.2) is 0 Å². The van der Waals surface area contributed by atoms with Crippen molar-refractivity contribution in [1.29, 1.82) is 0 Å². The molecule has 2 heteroatoms. The van der Waals surface area contributed by atoms with Gasteiger partial charge in [0.05, 0.1) is 0 Å². The van der Waals surface area contributed by atoms with Gasteiger partial charge in [-0.1, -0.05) is 60.1 Å². The van der Waals surface area contributed by atoms with Crippen LogP contribution in [0.15, 0.2) is 60.7 Å². The van der Waals surface area contributed by atoms with Crippen LogP contribution >= 0.6 is 11.6 Å². The Morgan fingerprint density at radius 2 is 1.54 bits per heavy atom. The summed E-state index contributed by atoms with van der Waals surface area (Å²) in [5, 5.41) is 0.791. The van der Waals surface area contributed by atoms with Crippen molar-refractivity contribution in [2.45, 2.75) is 51.7 Å². The topological polar surface area (TPSA) is 3.24 Å². The van der Waals surface area contributed by atoms with Gasteiger partial charge >= 0.3 is 0 Å². The van der Waals surface area contributed by atoms with Gasteiger partial charge in [0.2, 0.25) is 0 Å². The summed E-state index contributed by atoms with van der Waals surface area (Å²) < 4.78 is 0. The molecule has 24 heavy (non-hydrogen) atoms. The summed E-state index contributed by atoms with van der Waals surface area (Å²) in [4.78, 5) is 2.61. The molecule has 0 fully saturated rings. The Morgan fingerprint density at radius 1 is 0.917 bits per heavy atom. The third kappa shape index (κ3) is 3.58. The molecule has 0 bridgehead atoms. The zero-order chi connectivity index (χ0) is 17.4. The Morgan fingerprint density at radius 3 is 2.12 bits per heavy atom. The molecule has 0 atom stereocenters. The number of nitrogens with zero attached hydrogens (tertiary/aromatic N) is 1. The van der Waals surface area contributed by atoms with Crippen molar-refractivity contribution < 1.29 is 0 Å². The second-order valence-corrected chi connectivity index (χ2v) is 8.33. The maximum atomic E-state index is 6.05. The second-order valence-electron chi connectivity index (χ2n) is 7.89. The first-order valence-corrected chi connectivity index (χ1v) is 8.95. The zero-order valence-electron chi connectivity index (χ0n) is 15.0. The van der Waals surface area contributed by atoms with Crippen LogP contribution in [0.3, 0.4) is 0 Å². The predicted octanol–water partition coefficient (Wildman–Crippen LogP) is 6.19. The first-order chi connectivity index (χ1) is 11.3. The summed E-state index contributed by atoms with van der Waals surface area (Å²) in [6.45, 7) is 10.3. The summed E-state index contributed by atoms with van der Waals surface area (Å²) >= 11 is 6.05. The van der Waals surface area contributed by atoms with Crippen LogP contribution in [0.1, 0.15) is 45.2 Å². The summed E-state index contributed by atoms with van der Waals surface area (Å²) in [6, 6.07) is 19.0.